The molecule has 0 spiro atoms. The van der Waals surface area contributed by atoms with Crippen molar-refractivity contribution in [3.63, 3.8) is 0 Å². The fourth-order valence-corrected chi connectivity index (χ4v) is 3.35. The molecule has 2 unspecified atom stereocenters. The van der Waals surface area contributed by atoms with E-state index in [2.05, 4.69) is 5.32 Å². The van der Waals surface area contributed by atoms with Crippen LogP contribution in [0, 0.1) is 11.7 Å². The minimum absolute atomic E-state index is 0.0363. The Morgan fingerprint density at radius 2 is 2.04 bits per heavy atom. The molecule has 138 valence electrons. The van der Waals surface area contributed by atoms with Crippen molar-refractivity contribution in [2.75, 3.05) is 27.2 Å². The van der Waals surface area contributed by atoms with Gasteiger partial charge in [-0.05, 0) is 62.0 Å². The molecule has 26 heavy (non-hydrogen) atoms. The van der Waals surface area contributed by atoms with Gasteiger partial charge >= 0.3 is 0 Å². The molecule has 2 atom stereocenters. The number of carbonyl (C=O) groups excluding carboxylic acids is 1. The van der Waals surface area contributed by atoms with E-state index in [0.29, 0.717) is 24.6 Å². The number of fused-ring (bicyclic) bond motifs is 1. The van der Waals surface area contributed by atoms with Crippen LogP contribution in [-0.2, 0) is 11.2 Å². The van der Waals surface area contributed by atoms with Crippen LogP contribution in [0.2, 0.25) is 5.02 Å². The second kappa shape index (κ2) is 8.06. The van der Waals surface area contributed by atoms with Crippen molar-refractivity contribution in [2.24, 2.45) is 5.92 Å². The Kier molecular flexibility index (Phi) is 5.79. The molecule has 0 aliphatic carbocycles. The molecule has 0 radical (unpaired) electrons. The lowest BCUT2D eigenvalue weighted by Crippen LogP contribution is -2.41. The van der Waals surface area contributed by atoms with Gasteiger partial charge in [0.15, 0.2) is 0 Å². The van der Waals surface area contributed by atoms with Gasteiger partial charge < -0.3 is 15.0 Å². The number of hydrogen-bond acceptors (Lipinski definition) is 3. The van der Waals surface area contributed by atoms with Gasteiger partial charge in [-0.3, -0.25) is 4.79 Å². The smallest absolute Gasteiger partial charge is 0.226 e. The lowest BCUT2D eigenvalue weighted by atomic mass is 9.95. The molecule has 6 heteroatoms. The second-order valence-corrected chi connectivity index (χ2v) is 7.18. The number of rotatable bonds is 5. The van der Waals surface area contributed by atoms with Gasteiger partial charge in [0.25, 0.3) is 0 Å². The summed E-state index contributed by atoms with van der Waals surface area (Å²) < 4.78 is 18.8. The van der Waals surface area contributed by atoms with E-state index in [1.165, 1.54) is 12.1 Å². The number of likely N-dealkylation sites (N-methyl/N-ethyl adjacent to an activating group) is 1. The molecular weight excluding hydrogens is 355 g/mol. The number of carbonyl (C=O) groups is 1. The van der Waals surface area contributed by atoms with Crippen LogP contribution in [0.4, 0.5) is 4.39 Å². The quantitative estimate of drug-likeness (QED) is 0.869. The predicted molar refractivity (Wildman–Crippen MR) is 100.0 cm³/mol. The lowest BCUT2D eigenvalue weighted by Gasteiger charge is -2.28. The Hall–Kier alpha value is -2.11. The van der Waals surface area contributed by atoms with E-state index in [1.54, 1.807) is 18.2 Å². The molecule has 1 aliphatic rings. The Balaban J connectivity index is 1.63. The first-order valence-electron chi connectivity index (χ1n) is 8.55. The second-order valence-electron chi connectivity index (χ2n) is 6.74. The van der Waals surface area contributed by atoms with Crippen LogP contribution in [0.3, 0.4) is 0 Å². The Morgan fingerprint density at radius 3 is 2.73 bits per heavy atom. The third-order valence-electron chi connectivity index (χ3n) is 4.65. The van der Waals surface area contributed by atoms with Crippen LogP contribution >= 0.6 is 11.6 Å². The average molecular weight is 377 g/mol. The number of nitrogens with zero attached hydrogens (tertiary/aromatic N) is 1. The summed E-state index contributed by atoms with van der Waals surface area (Å²) >= 11 is 6.03. The molecule has 0 saturated carbocycles. The monoisotopic (exact) mass is 376 g/mol. The molecule has 2 aromatic carbocycles. The molecule has 1 N–H and O–H groups in total. The van der Waals surface area contributed by atoms with Crippen LogP contribution in [0.25, 0.3) is 0 Å². The minimum Gasteiger partial charge on any atom is -0.492 e. The fraction of sp³-hybridized carbons (Fsp3) is 0.350. The van der Waals surface area contributed by atoms with E-state index in [4.69, 9.17) is 16.3 Å². The van der Waals surface area contributed by atoms with Gasteiger partial charge in [-0.15, -0.1) is 0 Å². The lowest BCUT2D eigenvalue weighted by molar-refractivity contribution is -0.126. The summed E-state index contributed by atoms with van der Waals surface area (Å²) in [5, 5.41) is 3.64. The molecule has 0 fully saturated rings. The zero-order chi connectivity index (χ0) is 18.7. The molecule has 1 aliphatic heterocycles. The van der Waals surface area contributed by atoms with E-state index in [9.17, 15) is 9.18 Å². The maximum atomic E-state index is 13.2. The minimum atomic E-state index is -0.271. The summed E-state index contributed by atoms with van der Waals surface area (Å²) in [6.45, 7) is 0.792. The highest BCUT2D eigenvalue weighted by Crippen LogP contribution is 2.30. The van der Waals surface area contributed by atoms with Crippen molar-refractivity contribution in [3.05, 3.63) is 64.4 Å². The van der Waals surface area contributed by atoms with Gasteiger partial charge in [0.1, 0.15) is 18.2 Å². The standard InChI is InChI=1S/C20H22ClFN2O2/c1-24(2)18(13-3-6-17(22)7-4-13)11-23-20(25)15-9-14-10-16(21)5-8-19(14)26-12-15/h3-8,10,15,18H,9,11-12H2,1-2H3,(H,23,25). The fourth-order valence-electron chi connectivity index (χ4n) is 3.16. The molecule has 4 nitrogen and oxygen atoms in total. The van der Waals surface area contributed by atoms with Gasteiger partial charge in [0, 0.05) is 11.6 Å². The van der Waals surface area contributed by atoms with Crippen molar-refractivity contribution < 1.29 is 13.9 Å². The summed E-state index contributed by atoms with van der Waals surface area (Å²) in [7, 11) is 3.87. The first kappa shape index (κ1) is 18.7. The summed E-state index contributed by atoms with van der Waals surface area (Å²) in [6.07, 6.45) is 0.602. The van der Waals surface area contributed by atoms with Crippen LogP contribution in [0.15, 0.2) is 42.5 Å². The van der Waals surface area contributed by atoms with E-state index in [0.717, 1.165) is 16.9 Å². The van der Waals surface area contributed by atoms with Gasteiger partial charge in [-0.2, -0.15) is 0 Å². The maximum absolute atomic E-state index is 13.2. The van der Waals surface area contributed by atoms with Crippen molar-refractivity contribution in [2.45, 2.75) is 12.5 Å². The Bertz CT molecular complexity index is 780. The summed E-state index contributed by atoms with van der Waals surface area (Å²) in [5.74, 6) is 0.212. The number of nitrogens with one attached hydrogen (secondary N) is 1. The first-order valence-corrected chi connectivity index (χ1v) is 8.92. The van der Waals surface area contributed by atoms with Crippen LogP contribution in [0.5, 0.6) is 5.75 Å². The van der Waals surface area contributed by atoms with Crippen LogP contribution < -0.4 is 10.1 Å². The molecule has 1 amide bonds. The van der Waals surface area contributed by atoms with E-state index < -0.39 is 0 Å². The number of benzene rings is 2. The number of halogens is 2. The molecule has 0 aromatic heterocycles. The van der Waals surface area contributed by atoms with E-state index in [-0.39, 0.29) is 23.7 Å². The maximum Gasteiger partial charge on any atom is 0.226 e. The number of hydrogen-bond donors (Lipinski definition) is 1. The van der Waals surface area contributed by atoms with Crippen LogP contribution in [0.1, 0.15) is 17.2 Å². The number of amides is 1. The van der Waals surface area contributed by atoms with E-state index in [1.807, 2.05) is 31.1 Å². The van der Waals surface area contributed by atoms with E-state index >= 15 is 0 Å². The van der Waals surface area contributed by atoms with Gasteiger partial charge in [0.2, 0.25) is 5.91 Å². The number of ether oxygens (including phenoxy) is 1. The Morgan fingerprint density at radius 1 is 1.31 bits per heavy atom. The predicted octanol–water partition coefficient (Wildman–Crippen LogP) is 3.45. The van der Waals surface area contributed by atoms with Crippen molar-refractivity contribution in [1.82, 2.24) is 10.2 Å². The highest BCUT2D eigenvalue weighted by Gasteiger charge is 2.27. The summed E-state index contributed by atoms with van der Waals surface area (Å²) in [6, 6.07) is 11.8. The zero-order valence-electron chi connectivity index (χ0n) is 14.8. The van der Waals surface area contributed by atoms with Crippen molar-refractivity contribution in [1.29, 1.82) is 0 Å². The highest BCUT2D eigenvalue weighted by molar-refractivity contribution is 6.30. The topological polar surface area (TPSA) is 41.6 Å². The highest BCUT2D eigenvalue weighted by atomic mass is 35.5. The first-order chi connectivity index (χ1) is 12.4. The normalized spacial score (nSPS) is 17.3. The molecular formula is C20H22ClFN2O2. The Labute approximate surface area is 157 Å². The largest absolute Gasteiger partial charge is 0.492 e. The van der Waals surface area contributed by atoms with Gasteiger partial charge in [-0.25, -0.2) is 4.39 Å². The summed E-state index contributed by atoms with van der Waals surface area (Å²) in [4.78, 5) is 14.6. The zero-order valence-corrected chi connectivity index (χ0v) is 15.6. The van der Waals surface area contributed by atoms with Gasteiger partial charge in [0.05, 0.1) is 12.0 Å². The molecule has 2 aromatic rings. The molecule has 1 heterocycles. The van der Waals surface area contributed by atoms with Crippen LogP contribution in [-0.4, -0.2) is 38.1 Å². The SMILES string of the molecule is CN(C)C(CNC(=O)C1COc2ccc(Cl)cc2C1)c1ccc(F)cc1. The molecule has 3 rings (SSSR count). The third-order valence-corrected chi connectivity index (χ3v) is 4.88. The molecule has 0 bridgehead atoms. The third kappa shape index (κ3) is 4.34. The van der Waals surface area contributed by atoms with Gasteiger partial charge in [-0.1, -0.05) is 23.7 Å². The van der Waals surface area contributed by atoms with Crippen molar-refractivity contribution >= 4 is 17.5 Å². The average Bonchev–Trinajstić information content (AvgIpc) is 2.62. The summed E-state index contributed by atoms with van der Waals surface area (Å²) in [5.41, 5.74) is 1.90. The van der Waals surface area contributed by atoms with Crippen molar-refractivity contribution in [3.8, 4) is 5.75 Å². The molecule has 0 saturated heterocycles.